The molecule has 7 heteroatoms. The van der Waals surface area contributed by atoms with E-state index in [9.17, 15) is 17.6 Å². The summed E-state index contributed by atoms with van der Waals surface area (Å²) >= 11 is 5.02. The summed E-state index contributed by atoms with van der Waals surface area (Å²) in [4.78, 5) is 2.73. The molecule has 104 valence electrons. The highest BCUT2D eigenvalue weighted by Gasteiger charge is 2.31. The molecule has 1 unspecified atom stereocenters. The smallest absolute Gasteiger partial charge is 0.330 e. The molecule has 0 amide bonds. The van der Waals surface area contributed by atoms with Crippen molar-refractivity contribution in [1.29, 1.82) is 0 Å². The molecule has 1 atom stereocenters. The number of hydrogen-bond acceptors (Lipinski definition) is 1. The van der Waals surface area contributed by atoms with Crippen LogP contribution >= 0.6 is 12.2 Å². The molecule has 2 rings (SSSR count). The van der Waals surface area contributed by atoms with Gasteiger partial charge in [0.1, 0.15) is 5.82 Å². The van der Waals surface area contributed by atoms with Gasteiger partial charge in [0, 0.05) is 6.04 Å². The van der Waals surface area contributed by atoms with Gasteiger partial charge in [-0.1, -0.05) is 0 Å². The van der Waals surface area contributed by atoms with Gasteiger partial charge in [0.2, 0.25) is 0 Å². The molecule has 1 aromatic carbocycles. The number of alkyl halides is 3. The van der Waals surface area contributed by atoms with Crippen LogP contribution in [0.4, 0.5) is 17.6 Å². The van der Waals surface area contributed by atoms with Gasteiger partial charge in [-0.25, -0.2) is 4.39 Å². The minimum absolute atomic E-state index is 0.164. The first kappa shape index (κ1) is 14.0. The SMILES string of the molecule is Cc1cc2c(cc1F)[nH]c(=S)n2C(C)CC(F)(F)F. The van der Waals surface area contributed by atoms with E-state index >= 15 is 0 Å². The summed E-state index contributed by atoms with van der Waals surface area (Å²) in [7, 11) is 0. The predicted octanol–water partition coefficient (Wildman–Crippen LogP) is 4.66. The van der Waals surface area contributed by atoms with Crippen LogP contribution in [0.3, 0.4) is 0 Å². The van der Waals surface area contributed by atoms with Gasteiger partial charge in [-0.05, 0) is 43.8 Å². The highest BCUT2D eigenvalue weighted by Crippen LogP contribution is 2.30. The van der Waals surface area contributed by atoms with Crippen molar-refractivity contribution in [2.24, 2.45) is 0 Å². The van der Waals surface area contributed by atoms with Gasteiger partial charge in [0.05, 0.1) is 17.5 Å². The van der Waals surface area contributed by atoms with E-state index in [-0.39, 0.29) is 4.77 Å². The number of hydrogen-bond donors (Lipinski definition) is 1. The molecule has 0 bridgehead atoms. The standard InChI is InChI=1S/C12H12F4N2S/c1-6-3-10-9(4-8(6)13)17-11(19)18(10)7(2)5-12(14,15)16/h3-4,7H,5H2,1-2H3,(H,17,19). The monoisotopic (exact) mass is 292 g/mol. The van der Waals surface area contributed by atoms with Crippen LogP contribution in [0.25, 0.3) is 11.0 Å². The van der Waals surface area contributed by atoms with Crippen LogP contribution in [0, 0.1) is 17.5 Å². The van der Waals surface area contributed by atoms with Crippen LogP contribution in [-0.4, -0.2) is 15.7 Å². The molecule has 0 fully saturated rings. The Labute approximate surface area is 112 Å². The van der Waals surface area contributed by atoms with Gasteiger partial charge in [-0.2, -0.15) is 13.2 Å². The molecule has 0 aliphatic carbocycles. The lowest BCUT2D eigenvalue weighted by molar-refractivity contribution is -0.141. The van der Waals surface area contributed by atoms with Gasteiger partial charge in [0.25, 0.3) is 0 Å². The summed E-state index contributed by atoms with van der Waals surface area (Å²) in [6.07, 6.45) is -5.25. The lowest BCUT2D eigenvalue weighted by atomic mass is 10.2. The maximum atomic E-state index is 13.4. The van der Waals surface area contributed by atoms with Crippen molar-refractivity contribution in [1.82, 2.24) is 9.55 Å². The molecule has 2 nitrogen and oxygen atoms in total. The summed E-state index contributed by atoms with van der Waals surface area (Å²) in [6, 6.07) is 1.91. The quantitative estimate of drug-likeness (QED) is 0.630. The van der Waals surface area contributed by atoms with Gasteiger partial charge in [0.15, 0.2) is 4.77 Å². The summed E-state index contributed by atoms with van der Waals surface area (Å²) in [6.45, 7) is 3.00. The third-order valence-corrected chi connectivity index (χ3v) is 3.26. The Morgan fingerprint density at radius 2 is 2.00 bits per heavy atom. The highest BCUT2D eigenvalue weighted by atomic mass is 32.1. The lowest BCUT2D eigenvalue weighted by Crippen LogP contribution is -2.16. The van der Waals surface area contributed by atoms with E-state index in [4.69, 9.17) is 12.2 Å². The summed E-state index contributed by atoms with van der Waals surface area (Å²) < 4.78 is 52.3. The Bertz CT molecular complexity index is 669. The largest absolute Gasteiger partial charge is 0.391 e. The second-order valence-electron chi connectivity index (χ2n) is 4.59. The molecule has 1 heterocycles. The Morgan fingerprint density at radius 1 is 1.37 bits per heavy atom. The van der Waals surface area contributed by atoms with Crippen LogP contribution < -0.4 is 0 Å². The molecule has 0 saturated carbocycles. The third kappa shape index (κ3) is 2.80. The number of nitrogens with one attached hydrogen (secondary N) is 1. The predicted molar refractivity (Wildman–Crippen MR) is 67.2 cm³/mol. The van der Waals surface area contributed by atoms with Crippen molar-refractivity contribution in [3.8, 4) is 0 Å². The molecule has 0 radical (unpaired) electrons. The first-order valence-electron chi connectivity index (χ1n) is 5.66. The first-order chi connectivity index (χ1) is 8.69. The van der Waals surface area contributed by atoms with E-state index in [1.807, 2.05) is 0 Å². The van der Waals surface area contributed by atoms with E-state index in [1.54, 1.807) is 6.92 Å². The van der Waals surface area contributed by atoms with Crippen molar-refractivity contribution < 1.29 is 17.6 Å². The molecule has 0 spiro atoms. The topological polar surface area (TPSA) is 20.7 Å². The molecule has 1 N–H and O–H groups in total. The van der Waals surface area contributed by atoms with Crippen LogP contribution in [0.1, 0.15) is 24.9 Å². The van der Waals surface area contributed by atoms with Crippen molar-refractivity contribution in [3.63, 3.8) is 0 Å². The minimum Gasteiger partial charge on any atom is -0.330 e. The number of aromatic nitrogens is 2. The minimum atomic E-state index is -4.27. The normalized spacial score (nSPS) is 14.0. The average molecular weight is 292 g/mol. The fourth-order valence-corrected chi connectivity index (χ4v) is 2.50. The number of aryl methyl sites for hydroxylation is 1. The molecule has 0 aliphatic rings. The number of aromatic amines is 1. The maximum absolute atomic E-state index is 13.4. The molecule has 1 aromatic heterocycles. The van der Waals surface area contributed by atoms with Crippen molar-refractivity contribution in [3.05, 3.63) is 28.3 Å². The molecular weight excluding hydrogens is 280 g/mol. The molecule has 0 saturated heterocycles. The van der Waals surface area contributed by atoms with Crippen molar-refractivity contribution >= 4 is 23.3 Å². The van der Waals surface area contributed by atoms with Gasteiger partial charge in [-0.3, -0.25) is 0 Å². The number of rotatable bonds is 2. The fraction of sp³-hybridized carbons (Fsp3) is 0.417. The zero-order valence-electron chi connectivity index (χ0n) is 10.3. The molecule has 2 aromatic rings. The van der Waals surface area contributed by atoms with Crippen molar-refractivity contribution in [2.75, 3.05) is 0 Å². The van der Waals surface area contributed by atoms with E-state index in [0.29, 0.717) is 16.6 Å². The van der Waals surface area contributed by atoms with E-state index in [2.05, 4.69) is 4.98 Å². The number of fused-ring (bicyclic) bond motifs is 1. The summed E-state index contributed by atoms with van der Waals surface area (Å²) in [5.41, 5.74) is 1.26. The number of halogens is 4. The number of nitrogens with zero attached hydrogens (tertiary/aromatic N) is 1. The van der Waals surface area contributed by atoms with Crippen LogP contribution in [0.2, 0.25) is 0 Å². The van der Waals surface area contributed by atoms with Crippen LogP contribution in [0.5, 0.6) is 0 Å². The molecule has 0 aliphatic heterocycles. The summed E-state index contributed by atoms with van der Waals surface area (Å²) in [5, 5.41) is 0. The number of imidazole rings is 1. The van der Waals surface area contributed by atoms with E-state index in [1.165, 1.54) is 23.6 Å². The van der Waals surface area contributed by atoms with E-state index < -0.39 is 24.5 Å². The first-order valence-corrected chi connectivity index (χ1v) is 6.07. The van der Waals surface area contributed by atoms with Crippen LogP contribution in [-0.2, 0) is 0 Å². The van der Waals surface area contributed by atoms with Gasteiger partial charge in [-0.15, -0.1) is 0 Å². The zero-order valence-corrected chi connectivity index (χ0v) is 11.1. The lowest BCUT2D eigenvalue weighted by Gasteiger charge is -2.16. The maximum Gasteiger partial charge on any atom is 0.391 e. The summed E-state index contributed by atoms with van der Waals surface area (Å²) in [5.74, 6) is -0.417. The fourth-order valence-electron chi connectivity index (χ4n) is 2.11. The molecule has 19 heavy (non-hydrogen) atoms. The van der Waals surface area contributed by atoms with Gasteiger partial charge >= 0.3 is 6.18 Å². The second-order valence-corrected chi connectivity index (χ2v) is 4.97. The Morgan fingerprint density at radius 3 is 2.58 bits per heavy atom. The Hall–Kier alpha value is -1.37. The number of H-pyrrole nitrogens is 1. The Balaban J connectivity index is 2.57. The van der Waals surface area contributed by atoms with Gasteiger partial charge < -0.3 is 9.55 Å². The van der Waals surface area contributed by atoms with Crippen LogP contribution in [0.15, 0.2) is 12.1 Å². The second kappa shape index (κ2) is 4.63. The molecular formula is C12H12F4N2S. The Kier molecular flexibility index (Phi) is 3.42. The number of benzene rings is 1. The van der Waals surface area contributed by atoms with E-state index in [0.717, 1.165) is 0 Å². The zero-order chi connectivity index (χ0) is 14.4. The van der Waals surface area contributed by atoms with Crippen molar-refractivity contribution in [2.45, 2.75) is 32.5 Å². The highest BCUT2D eigenvalue weighted by molar-refractivity contribution is 7.71. The third-order valence-electron chi connectivity index (χ3n) is 2.96. The average Bonchev–Trinajstić information content (AvgIpc) is 2.52.